The lowest BCUT2D eigenvalue weighted by Crippen LogP contribution is -2.54. The third-order valence-corrected chi connectivity index (χ3v) is 2.85. The normalized spacial score (nSPS) is 13.3. The fourth-order valence-electron chi connectivity index (χ4n) is 1.78. The second-order valence-corrected chi connectivity index (χ2v) is 5.35. The molecule has 0 unspecified atom stereocenters. The van der Waals surface area contributed by atoms with Crippen molar-refractivity contribution >= 4 is 23.7 Å². The summed E-state index contributed by atoms with van der Waals surface area (Å²) in [4.78, 5) is 45.4. The minimum Gasteiger partial charge on any atom is -0.481 e. The van der Waals surface area contributed by atoms with Gasteiger partial charge in [0.2, 0.25) is 17.7 Å². The zero-order valence-electron chi connectivity index (χ0n) is 12.8. The first kappa shape index (κ1) is 19.8. The number of aliphatic carboxylic acids is 1. The largest absolute Gasteiger partial charge is 0.481 e. The summed E-state index contributed by atoms with van der Waals surface area (Å²) >= 11 is 0. The van der Waals surface area contributed by atoms with Gasteiger partial charge in [-0.1, -0.05) is 13.8 Å². The fraction of sp³-hybridized carbons (Fsp3) is 0.692. The van der Waals surface area contributed by atoms with Gasteiger partial charge in [-0.3, -0.25) is 19.2 Å². The van der Waals surface area contributed by atoms with Crippen molar-refractivity contribution in [3.05, 3.63) is 0 Å². The van der Waals surface area contributed by atoms with Crippen molar-refractivity contribution in [2.75, 3.05) is 6.54 Å². The van der Waals surface area contributed by atoms with Crippen LogP contribution in [0.3, 0.4) is 0 Å². The summed E-state index contributed by atoms with van der Waals surface area (Å²) < 4.78 is 0. The molecule has 22 heavy (non-hydrogen) atoms. The van der Waals surface area contributed by atoms with Crippen LogP contribution in [0.2, 0.25) is 0 Å². The fourth-order valence-corrected chi connectivity index (χ4v) is 1.78. The van der Waals surface area contributed by atoms with E-state index in [1.807, 2.05) is 13.8 Å². The van der Waals surface area contributed by atoms with E-state index in [0.717, 1.165) is 0 Å². The van der Waals surface area contributed by atoms with E-state index in [-0.39, 0.29) is 25.3 Å². The molecule has 0 saturated carbocycles. The average Bonchev–Trinajstić information content (AvgIpc) is 2.41. The molecule has 0 spiro atoms. The van der Waals surface area contributed by atoms with Gasteiger partial charge in [0.15, 0.2) is 0 Å². The van der Waals surface area contributed by atoms with Gasteiger partial charge in [0, 0.05) is 6.42 Å². The van der Waals surface area contributed by atoms with E-state index in [0.29, 0.717) is 6.42 Å². The highest BCUT2D eigenvalue weighted by Gasteiger charge is 2.26. The van der Waals surface area contributed by atoms with Gasteiger partial charge >= 0.3 is 5.97 Å². The number of carbonyl (C=O) groups excluding carboxylic acids is 3. The molecule has 0 aromatic heterocycles. The van der Waals surface area contributed by atoms with Crippen LogP contribution < -0.4 is 22.1 Å². The molecule has 0 radical (unpaired) electrons. The molecule has 0 aliphatic heterocycles. The third-order valence-electron chi connectivity index (χ3n) is 2.85. The predicted octanol–water partition coefficient (Wildman–Crippen LogP) is -1.69. The standard InChI is InChI=1S/C13H24N4O5/c1-7(2)5-9(12(15)21)17-13(22)8(3-4-11(19)20)16-10(18)6-14/h7-9H,3-6,14H2,1-2H3,(H2,15,21)(H,16,18)(H,17,22)(H,19,20)/t8-,9-/m0/s1. The molecule has 0 aromatic carbocycles. The van der Waals surface area contributed by atoms with Gasteiger partial charge in [-0.2, -0.15) is 0 Å². The smallest absolute Gasteiger partial charge is 0.303 e. The number of nitrogens with two attached hydrogens (primary N) is 2. The van der Waals surface area contributed by atoms with Crippen molar-refractivity contribution in [3.63, 3.8) is 0 Å². The molecular formula is C13H24N4O5. The second-order valence-electron chi connectivity index (χ2n) is 5.35. The van der Waals surface area contributed by atoms with Crippen LogP contribution in [-0.2, 0) is 19.2 Å². The van der Waals surface area contributed by atoms with Gasteiger partial charge in [0.1, 0.15) is 12.1 Å². The highest BCUT2D eigenvalue weighted by Crippen LogP contribution is 2.06. The molecule has 3 amide bonds. The van der Waals surface area contributed by atoms with Crippen LogP contribution in [-0.4, -0.2) is 47.4 Å². The Labute approximate surface area is 128 Å². The monoisotopic (exact) mass is 316 g/mol. The third kappa shape index (κ3) is 8.20. The Kier molecular flexibility index (Phi) is 8.76. The van der Waals surface area contributed by atoms with Crippen molar-refractivity contribution < 1.29 is 24.3 Å². The van der Waals surface area contributed by atoms with E-state index >= 15 is 0 Å². The Balaban J connectivity index is 4.86. The molecular weight excluding hydrogens is 292 g/mol. The number of hydrogen-bond acceptors (Lipinski definition) is 5. The van der Waals surface area contributed by atoms with Crippen molar-refractivity contribution in [2.24, 2.45) is 17.4 Å². The maximum absolute atomic E-state index is 12.1. The maximum atomic E-state index is 12.1. The summed E-state index contributed by atoms with van der Waals surface area (Å²) in [5.74, 6) is -2.93. The molecule has 126 valence electrons. The molecule has 0 aromatic rings. The topological polar surface area (TPSA) is 165 Å². The minimum atomic E-state index is -1.10. The predicted molar refractivity (Wildman–Crippen MR) is 78.4 cm³/mol. The summed E-state index contributed by atoms with van der Waals surface area (Å²) in [6, 6.07) is -1.96. The number of carbonyl (C=O) groups is 4. The highest BCUT2D eigenvalue weighted by atomic mass is 16.4. The highest BCUT2D eigenvalue weighted by molar-refractivity contribution is 5.92. The number of carboxylic acid groups (broad SMARTS) is 1. The molecule has 0 saturated heterocycles. The number of primary amides is 1. The first-order chi connectivity index (χ1) is 10.2. The summed E-state index contributed by atoms with van der Waals surface area (Å²) in [6.07, 6.45) is -0.0774. The number of rotatable bonds is 10. The number of nitrogens with one attached hydrogen (secondary N) is 2. The van der Waals surface area contributed by atoms with Crippen LogP contribution >= 0.6 is 0 Å². The zero-order chi connectivity index (χ0) is 17.3. The van der Waals surface area contributed by atoms with Crippen LogP contribution in [0.5, 0.6) is 0 Å². The lowest BCUT2D eigenvalue weighted by atomic mass is 10.0. The Morgan fingerprint density at radius 3 is 2.09 bits per heavy atom. The number of hydrogen-bond donors (Lipinski definition) is 5. The first-order valence-electron chi connectivity index (χ1n) is 6.98. The maximum Gasteiger partial charge on any atom is 0.303 e. The number of carboxylic acids is 1. The SMILES string of the molecule is CC(C)C[C@H](NC(=O)[C@H](CCC(=O)O)NC(=O)CN)C(N)=O. The van der Waals surface area contributed by atoms with Gasteiger partial charge < -0.3 is 27.2 Å². The van der Waals surface area contributed by atoms with Gasteiger partial charge in [0.25, 0.3) is 0 Å². The molecule has 2 atom stereocenters. The molecule has 0 aliphatic rings. The van der Waals surface area contributed by atoms with Crippen LogP contribution in [0.15, 0.2) is 0 Å². The van der Waals surface area contributed by atoms with E-state index < -0.39 is 35.8 Å². The van der Waals surface area contributed by atoms with Gasteiger partial charge in [-0.05, 0) is 18.8 Å². The van der Waals surface area contributed by atoms with Crippen molar-refractivity contribution in [2.45, 2.75) is 45.2 Å². The Morgan fingerprint density at radius 2 is 1.68 bits per heavy atom. The van der Waals surface area contributed by atoms with Crippen LogP contribution in [0.1, 0.15) is 33.1 Å². The molecule has 9 nitrogen and oxygen atoms in total. The lowest BCUT2D eigenvalue weighted by Gasteiger charge is -2.22. The molecule has 7 N–H and O–H groups in total. The molecule has 9 heteroatoms. The molecule has 0 heterocycles. The van der Waals surface area contributed by atoms with Crippen LogP contribution in [0.4, 0.5) is 0 Å². The van der Waals surface area contributed by atoms with Gasteiger partial charge in [-0.15, -0.1) is 0 Å². The Bertz CT molecular complexity index is 425. The summed E-state index contributed by atoms with van der Waals surface area (Å²) in [6.45, 7) is 3.39. The van der Waals surface area contributed by atoms with E-state index in [2.05, 4.69) is 10.6 Å². The zero-order valence-corrected chi connectivity index (χ0v) is 12.8. The second kappa shape index (κ2) is 9.72. The van der Waals surface area contributed by atoms with E-state index in [1.54, 1.807) is 0 Å². The Morgan fingerprint density at radius 1 is 1.09 bits per heavy atom. The van der Waals surface area contributed by atoms with Crippen molar-refractivity contribution in [1.29, 1.82) is 0 Å². The van der Waals surface area contributed by atoms with Crippen LogP contribution in [0, 0.1) is 5.92 Å². The van der Waals surface area contributed by atoms with Crippen molar-refractivity contribution in [1.82, 2.24) is 10.6 Å². The van der Waals surface area contributed by atoms with E-state index in [9.17, 15) is 19.2 Å². The minimum absolute atomic E-state index is 0.111. The molecule has 0 fully saturated rings. The average molecular weight is 316 g/mol. The summed E-state index contributed by atoms with van der Waals surface area (Å²) in [5.41, 5.74) is 10.4. The molecule has 0 rings (SSSR count). The molecule has 0 bridgehead atoms. The van der Waals surface area contributed by atoms with Gasteiger partial charge in [0.05, 0.1) is 6.54 Å². The Hall–Kier alpha value is -2.16. The van der Waals surface area contributed by atoms with E-state index in [4.69, 9.17) is 16.6 Å². The van der Waals surface area contributed by atoms with Gasteiger partial charge in [-0.25, -0.2) is 0 Å². The first-order valence-corrected chi connectivity index (χ1v) is 6.98. The van der Waals surface area contributed by atoms with Crippen molar-refractivity contribution in [3.8, 4) is 0 Å². The molecule has 0 aliphatic carbocycles. The summed E-state index contributed by atoms with van der Waals surface area (Å²) in [7, 11) is 0. The van der Waals surface area contributed by atoms with Crippen LogP contribution in [0.25, 0.3) is 0 Å². The number of amides is 3. The van der Waals surface area contributed by atoms with E-state index in [1.165, 1.54) is 0 Å². The summed E-state index contributed by atoms with van der Waals surface area (Å²) in [5, 5.41) is 13.4. The quantitative estimate of drug-likeness (QED) is 0.322. The lowest BCUT2D eigenvalue weighted by molar-refractivity contribution is -0.138.